The number of hydrogen-bond acceptors (Lipinski definition) is 4. The molecule has 132 valence electrons. The molecule has 23 heavy (non-hydrogen) atoms. The van der Waals surface area contributed by atoms with Crippen molar-refractivity contribution in [3.63, 3.8) is 0 Å². The van der Waals surface area contributed by atoms with Crippen LogP contribution in [0.25, 0.3) is 0 Å². The fourth-order valence-electron chi connectivity index (χ4n) is 4.05. The van der Waals surface area contributed by atoms with Crippen LogP contribution in [0.2, 0.25) is 0 Å². The molecule has 2 aliphatic heterocycles. The fourth-order valence-corrected chi connectivity index (χ4v) is 5.35. The predicted octanol–water partition coefficient (Wildman–Crippen LogP) is 1.43. The Kier molecular flexibility index (Phi) is 6.10. The van der Waals surface area contributed by atoms with Crippen molar-refractivity contribution in [2.75, 3.05) is 38.2 Å². The number of thioether (sulfide) groups is 1. The van der Waals surface area contributed by atoms with Gasteiger partial charge in [0.1, 0.15) is 0 Å². The molecule has 0 amide bonds. The van der Waals surface area contributed by atoms with Crippen molar-refractivity contribution < 1.29 is 5.11 Å². The van der Waals surface area contributed by atoms with E-state index < -0.39 is 5.60 Å². The summed E-state index contributed by atoms with van der Waals surface area (Å²) in [5, 5.41) is 17.3. The van der Waals surface area contributed by atoms with Gasteiger partial charge >= 0.3 is 0 Å². The summed E-state index contributed by atoms with van der Waals surface area (Å²) in [4.78, 5) is 7.03. The quantitative estimate of drug-likeness (QED) is 0.534. The van der Waals surface area contributed by atoms with Crippen molar-refractivity contribution in [1.82, 2.24) is 15.5 Å². The minimum Gasteiger partial charge on any atom is -0.387 e. The molecule has 3 rings (SSSR count). The Morgan fingerprint density at radius 2 is 2.00 bits per heavy atom. The number of nitrogens with zero attached hydrogens (tertiary/aromatic N) is 2. The Balaban J connectivity index is 1.39. The van der Waals surface area contributed by atoms with E-state index in [1.165, 1.54) is 51.6 Å². The molecule has 3 fully saturated rings. The largest absolute Gasteiger partial charge is 0.387 e. The van der Waals surface area contributed by atoms with Gasteiger partial charge in [-0.2, -0.15) is 11.8 Å². The van der Waals surface area contributed by atoms with Crippen molar-refractivity contribution in [1.29, 1.82) is 0 Å². The second-order valence-corrected chi connectivity index (χ2v) is 8.45. The van der Waals surface area contributed by atoms with Crippen LogP contribution in [0.15, 0.2) is 4.99 Å². The molecule has 1 unspecified atom stereocenters. The lowest BCUT2D eigenvalue weighted by molar-refractivity contribution is 0.0722. The third kappa shape index (κ3) is 4.77. The number of piperidine rings is 1. The van der Waals surface area contributed by atoms with Crippen LogP contribution >= 0.6 is 11.8 Å². The molecular weight excluding hydrogens is 308 g/mol. The summed E-state index contributed by atoms with van der Waals surface area (Å²) < 4.78 is 0. The first kappa shape index (κ1) is 17.4. The van der Waals surface area contributed by atoms with E-state index in [4.69, 9.17) is 0 Å². The molecule has 0 bridgehead atoms. The molecule has 6 heteroatoms. The SMILES string of the molecule is CN=C(NCC1(O)CCSC1)NC1CCN(C2CCCC2)CC1. The lowest BCUT2D eigenvalue weighted by atomic mass is 10.0. The van der Waals surface area contributed by atoms with Gasteiger partial charge in [-0.25, -0.2) is 0 Å². The van der Waals surface area contributed by atoms with E-state index in [1.54, 1.807) is 0 Å². The van der Waals surface area contributed by atoms with Crippen LogP contribution in [-0.4, -0.2) is 71.8 Å². The van der Waals surface area contributed by atoms with Gasteiger partial charge in [0.25, 0.3) is 0 Å². The molecule has 5 nitrogen and oxygen atoms in total. The number of guanidine groups is 1. The molecule has 1 aliphatic carbocycles. The summed E-state index contributed by atoms with van der Waals surface area (Å²) >= 11 is 1.83. The maximum absolute atomic E-state index is 10.4. The first-order valence-corrected chi connectivity index (χ1v) is 10.4. The minimum atomic E-state index is -0.561. The number of rotatable bonds is 4. The van der Waals surface area contributed by atoms with E-state index in [1.807, 2.05) is 18.8 Å². The third-order valence-corrected chi connectivity index (χ3v) is 6.84. The molecule has 0 aromatic carbocycles. The van der Waals surface area contributed by atoms with Gasteiger partial charge in [-0.05, 0) is 37.9 Å². The molecule has 0 radical (unpaired) electrons. The molecule has 2 saturated heterocycles. The average Bonchev–Trinajstić information content (AvgIpc) is 3.24. The Labute approximate surface area is 144 Å². The number of likely N-dealkylation sites (tertiary alicyclic amines) is 1. The van der Waals surface area contributed by atoms with E-state index in [-0.39, 0.29) is 0 Å². The van der Waals surface area contributed by atoms with Crippen LogP contribution in [-0.2, 0) is 0 Å². The molecule has 3 aliphatic rings. The number of aliphatic imine (C=N–C) groups is 1. The summed E-state index contributed by atoms with van der Waals surface area (Å²) in [6.45, 7) is 3.01. The summed E-state index contributed by atoms with van der Waals surface area (Å²) in [7, 11) is 1.82. The summed E-state index contributed by atoms with van der Waals surface area (Å²) in [5.74, 6) is 2.73. The van der Waals surface area contributed by atoms with Gasteiger partial charge in [0.05, 0.1) is 5.60 Å². The lowest BCUT2D eigenvalue weighted by Gasteiger charge is -2.36. The van der Waals surface area contributed by atoms with Crippen molar-refractivity contribution in [3.8, 4) is 0 Å². The first-order valence-electron chi connectivity index (χ1n) is 9.20. The van der Waals surface area contributed by atoms with Crippen molar-refractivity contribution in [3.05, 3.63) is 0 Å². The normalized spacial score (nSPS) is 31.7. The molecular formula is C17H32N4OS. The zero-order chi connectivity index (χ0) is 16.1. The monoisotopic (exact) mass is 340 g/mol. The third-order valence-electron chi connectivity index (χ3n) is 5.60. The molecule has 3 N–H and O–H groups in total. The van der Waals surface area contributed by atoms with E-state index in [0.717, 1.165) is 29.9 Å². The summed E-state index contributed by atoms with van der Waals surface area (Å²) in [6, 6.07) is 1.36. The maximum Gasteiger partial charge on any atom is 0.191 e. The van der Waals surface area contributed by atoms with Crippen molar-refractivity contribution in [2.45, 2.75) is 62.6 Å². The van der Waals surface area contributed by atoms with Crippen LogP contribution in [0, 0.1) is 0 Å². The molecule has 2 heterocycles. The highest BCUT2D eigenvalue weighted by Gasteiger charge is 2.32. The average molecular weight is 341 g/mol. The van der Waals surface area contributed by atoms with E-state index >= 15 is 0 Å². The molecule has 0 aromatic heterocycles. The van der Waals surface area contributed by atoms with Gasteiger partial charge in [0.2, 0.25) is 0 Å². The maximum atomic E-state index is 10.4. The molecule has 0 spiro atoms. The number of aliphatic hydroxyl groups is 1. The van der Waals surface area contributed by atoms with Gasteiger partial charge in [-0.1, -0.05) is 12.8 Å². The predicted molar refractivity (Wildman–Crippen MR) is 98.2 cm³/mol. The standard InChI is InChI=1S/C17H32N4OS/c1-18-16(19-12-17(22)8-11-23-13-17)20-14-6-9-21(10-7-14)15-4-2-3-5-15/h14-15,22H,2-13H2,1H3,(H2,18,19,20). The lowest BCUT2D eigenvalue weighted by Crippen LogP contribution is -2.52. The van der Waals surface area contributed by atoms with Crippen LogP contribution in [0.3, 0.4) is 0 Å². The van der Waals surface area contributed by atoms with Gasteiger partial charge in [0, 0.05) is 44.5 Å². The van der Waals surface area contributed by atoms with E-state index in [2.05, 4.69) is 20.5 Å². The van der Waals surface area contributed by atoms with Crippen LogP contribution < -0.4 is 10.6 Å². The van der Waals surface area contributed by atoms with Gasteiger partial charge in [-0.3, -0.25) is 4.99 Å². The highest BCUT2D eigenvalue weighted by atomic mass is 32.2. The topological polar surface area (TPSA) is 59.9 Å². The Bertz CT molecular complexity index is 397. The Hall–Kier alpha value is -0.460. The Morgan fingerprint density at radius 3 is 2.61 bits per heavy atom. The molecule has 1 atom stereocenters. The zero-order valence-electron chi connectivity index (χ0n) is 14.4. The van der Waals surface area contributed by atoms with Gasteiger partial charge in [-0.15, -0.1) is 0 Å². The zero-order valence-corrected chi connectivity index (χ0v) is 15.2. The van der Waals surface area contributed by atoms with Crippen molar-refractivity contribution in [2.24, 2.45) is 4.99 Å². The highest BCUT2D eigenvalue weighted by molar-refractivity contribution is 7.99. The van der Waals surface area contributed by atoms with Gasteiger partial charge in [0.15, 0.2) is 5.96 Å². The summed E-state index contributed by atoms with van der Waals surface area (Å²) in [6.07, 6.45) is 8.90. The van der Waals surface area contributed by atoms with E-state index in [0.29, 0.717) is 12.6 Å². The first-order chi connectivity index (χ1) is 11.2. The second kappa shape index (κ2) is 8.08. The summed E-state index contributed by atoms with van der Waals surface area (Å²) in [5.41, 5.74) is -0.561. The van der Waals surface area contributed by atoms with Crippen LogP contribution in [0.5, 0.6) is 0 Å². The molecule has 1 saturated carbocycles. The molecule has 0 aromatic rings. The van der Waals surface area contributed by atoms with Crippen LogP contribution in [0.4, 0.5) is 0 Å². The Morgan fingerprint density at radius 1 is 1.26 bits per heavy atom. The second-order valence-electron chi connectivity index (χ2n) is 7.35. The van der Waals surface area contributed by atoms with Crippen LogP contribution in [0.1, 0.15) is 44.9 Å². The van der Waals surface area contributed by atoms with Gasteiger partial charge < -0.3 is 20.6 Å². The number of nitrogens with one attached hydrogen (secondary N) is 2. The fraction of sp³-hybridized carbons (Fsp3) is 0.941. The number of hydrogen-bond donors (Lipinski definition) is 3. The van der Waals surface area contributed by atoms with E-state index in [9.17, 15) is 5.11 Å². The smallest absolute Gasteiger partial charge is 0.191 e. The van der Waals surface area contributed by atoms with Crippen molar-refractivity contribution >= 4 is 17.7 Å². The highest BCUT2D eigenvalue weighted by Crippen LogP contribution is 2.27. The minimum absolute atomic E-state index is 0.506.